The van der Waals surface area contributed by atoms with Crippen LogP contribution in [0.1, 0.15) is 10.4 Å². The summed E-state index contributed by atoms with van der Waals surface area (Å²) in [5.74, 6) is -1.31. The molecular weight excluding hydrogens is 251 g/mol. The second kappa shape index (κ2) is 4.63. The van der Waals surface area contributed by atoms with E-state index in [1.54, 1.807) is 0 Å². The van der Waals surface area contributed by atoms with Crippen LogP contribution in [0.5, 0.6) is 5.75 Å². The van der Waals surface area contributed by atoms with E-state index in [1.807, 2.05) is 0 Å². The van der Waals surface area contributed by atoms with E-state index in [0.717, 1.165) is 0 Å². The van der Waals surface area contributed by atoms with Crippen LogP contribution in [0, 0.1) is 0 Å². The molecule has 7 heteroatoms. The number of ether oxygens (including phenoxy) is 1. The number of carbonyl (C=O) groups excluding carboxylic acids is 1. The highest BCUT2D eigenvalue weighted by Crippen LogP contribution is 2.36. The van der Waals surface area contributed by atoms with Gasteiger partial charge in [-0.2, -0.15) is 8.78 Å². The minimum atomic E-state index is -3.08. The Labute approximate surface area is 93.7 Å². The van der Waals surface area contributed by atoms with Crippen LogP contribution in [0.15, 0.2) is 12.1 Å². The highest BCUT2D eigenvalue weighted by molar-refractivity contribution is 6.39. The van der Waals surface area contributed by atoms with E-state index in [4.69, 9.17) is 28.9 Å². The molecule has 1 amide bonds. The lowest BCUT2D eigenvalue weighted by molar-refractivity contribution is -0.0497. The van der Waals surface area contributed by atoms with Crippen LogP contribution in [0.25, 0.3) is 0 Å². The zero-order chi connectivity index (χ0) is 11.6. The molecule has 0 spiro atoms. The van der Waals surface area contributed by atoms with Gasteiger partial charge in [-0.05, 0) is 12.1 Å². The standard InChI is InChI=1S/C8H5Cl2F2NO2/c9-4-2-1-3(7(13)14)5(10)6(4)15-8(11)12/h1-2,8H,(H2,13,14). The molecule has 0 aromatic heterocycles. The SMILES string of the molecule is NC(=O)c1ccc(Cl)c(OC(F)F)c1Cl. The zero-order valence-electron chi connectivity index (χ0n) is 7.14. The largest absolute Gasteiger partial charge is 0.432 e. The fraction of sp³-hybridized carbons (Fsp3) is 0.125. The minimum Gasteiger partial charge on any atom is -0.432 e. The molecule has 0 saturated heterocycles. The first-order valence-electron chi connectivity index (χ1n) is 3.66. The average molecular weight is 256 g/mol. The summed E-state index contributed by atoms with van der Waals surface area (Å²) in [5, 5.41) is -0.444. The number of halogens is 4. The maximum absolute atomic E-state index is 12.0. The molecule has 1 aromatic rings. The third-order valence-corrected chi connectivity index (χ3v) is 2.19. The van der Waals surface area contributed by atoms with Gasteiger partial charge < -0.3 is 10.5 Å². The van der Waals surface area contributed by atoms with Gasteiger partial charge >= 0.3 is 6.61 Å². The normalized spacial score (nSPS) is 10.5. The molecule has 0 unspecified atom stereocenters. The molecule has 15 heavy (non-hydrogen) atoms. The van der Waals surface area contributed by atoms with Gasteiger partial charge in [0.15, 0.2) is 5.75 Å². The van der Waals surface area contributed by atoms with Crippen molar-refractivity contribution in [2.75, 3.05) is 0 Å². The molecule has 0 bridgehead atoms. The number of alkyl halides is 2. The molecule has 0 aliphatic carbocycles. The lowest BCUT2D eigenvalue weighted by atomic mass is 10.2. The van der Waals surface area contributed by atoms with Crippen molar-refractivity contribution in [2.45, 2.75) is 6.61 Å². The Balaban J connectivity index is 3.24. The number of carbonyl (C=O) groups is 1. The molecule has 3 nitrogen and oxygen atoms in total. The Hall–Kier alpha value is -1.07. The van der Waals surface area contributed by atoms with E-state index < -0.39 is 18.3 Å². The number of hydrogen-bond donors (Lipinski definition) is 1. The minimum absolute atomic E-state index is 0.120. The van der Waals surface area contributed by atoms with Gasteiger partial charge in [0.25, 0.3) is 0 Å². The number of nitrogens with two attached hydrogens (primary N) is 1. The Morgan fingerprint density at radius 2 is 2.00 bits per heavy atom. The second-order valence-corrected chi connectivity index (χ2v) is 3.27. The summed E-state index contributed by atoms with van der Waals surface area (Å²) in [5.41, 5.74) is 4.83. The quantitative estimate of drug-likeness (QED) is 0.903. The van der Waals surface area contributed by atoms with Gasteiger partial charge in [-0.1, -0.05) is 23.2 Å². The number of hydrogen-bond acceptors (Lipinski definition) is 2. The number of rotatable bonds is 3. The van der Waals surface area contributed by atoms with E-state index in [1.165, 1.54) is 12.1 Å². The lowest BCUT2D eigenvalue weighted by Crippen LogP contribution is -2.13. The number of amides is 1. The predicted molar refractivity (Wildman–Crippen MR) is 51.6 cm³/mol. The van der Waals surface area contributed by atoms with E-state index in [9.17, 15) is 13.6 Å². The highest BCUT2D eigenvalue weighted by Gasteiger charge is 2.18. The summed E-state index contributed by atoms with van der Waals surface area (Å²) in [6.07, 6.45) is 0. The van der Waals surface area contributed by atoms with Crippen molar-refractivity contribution in [2.24, 2.45) is 5.73 Å². The van der Waals surface area contributed by atoms with E-state index >= 15 is 0 Å². The molecule has 0 fully saturated rings. The molecule has 0 aliphatic rings. The molecule has 0 atom stereocenters. The third-order valence-electron chi connectivity index (χ3n) is 1.52. The second-order valence-electron chi connectivity index (χ2n) is 2.48. The van der Waals surface area contributed by atoms with Gasteiger partial charge in [0.05, 0.1) is 15.6 Å². The average Bonchev–Trinajstić information content (AvgIpc) is 2.11. The van der Waals surface area contributed by atoms with Gasteiger partial charge in [-0.3, -0.25) is 4.79 Å². The summed E-state index contributed by atoms with van der Waals surface area (Å²) < 4.78 is 28.0. The Morgan fingerprint density at radius 3 is 2.47 bits per heavy atom. The van der Waals surface area contributed by atoms with Crippen LogP contribution in [0.3, 0.4) is 0 Å². The third kappa shape index (κ3) is 2.70. The molecule has 1 rings (SSSR count). The molecule has 0 heterocycles. The first-order valence-corrected chi connectivity index (χ1v) is 4.41. The van der Waals surface area contributed by atoms with Crippen LogP contribution in [-0.4, -0.2) is 12.5 Å². The van der Waals surface area contributed by atoms with Gasteiger partial charge in [0.2, 0.25) is 5.91 Å². The predicted octanol–water partition coefficient (Wildman–Crippen LogP) is 2.69. The van der Waals surface area contributed by atoms with Crippen molar-refractivity contribution >= 4 is 29.1 Å². The van der Waals surface area contributed by atoms with Crippen molar-refractivity contribution in [1.82, 2.24) is 0 Å². The van der Waals surface area contributed by atoms with Gasteiger partial charge in [0.1, 0.15) is 0 Å². The van der Waals surface area contributed by atoms with Crippen LogP contribution in [0.2, 0.25) is 10.0 Å². The van der Waals surface area contributed by atoms with Crippen LogP contribution in [0.4, 0.5) is 8.78 Å². The first-order chi connectivity index (χ1) is 6.93. The van der Waals surface area contributed by atoms with Crippen molar-refractivity contribution in [3.05, 3.63) is 27.7 Å². The zero-order valence-corrected chi connectivity index (χ0v) is 8.65. The lowest BCUT2D eigenvalue weighted by Gasteiger charge is -2.10. The fourth-order valence-corrected chi connectivity index (χ4v) is 1.47. The summed E-state index contributed by atoms with van der Waals surface area (Å²) in [7, 11) is 0. The molecular formula is C8H5Cl2F2NO2. The first kappa shape index (κ1) is 12.0. The van der Waals surface area contributed by atoms with Crippen molar-refractivity contribution in [1.29, 1.82) is 0 Å². The molecule has 0 saturated carbocycles. The van der Waals surface area contributed by atoms with Crippen molar-refractivity contribution in [3.8, 4) is 5.75 Å². The van der Waals surface area contributed by atoms with E-state index in [2.05, 4.69) is 4.74 Å². The smallest absolute Gasteiger partial charge is 0.387 e. The van der Waals surface area contributed by atoms with E-state index in [-0.39, 0.29) is 15.6 Å². The monoisotopic (exact) mass is 255 g/mol. The maximum Gasteiger partial charge on any atom is 0.387 e. The van der Waals surface area contributed by atoms with Gasteiger partial charge in [0, 0.05) is 0 Å². The molecule has 82 valence electrons. The summed E-state index contributed by atoms with van der Waals surface area (Å²) in [6, 6.07) is 2.43. The summed E-state index contributed by atoms with van der Waals surface area (Å²) in [4.78, 5) is 10.8. The molecule has 0 radical (unpaired) electrons. The molecule has 1 aromatic carbocycles. The number of benzene rings is 1. The number of primary amides is 1. The summed E-state index contributed by atoms with van der Waals surface area (Å²) >= 11 is 11.2. The Kier molecular flexibility index (Phi) is 3.71. The Morgan fingerprint density at radius 1 is 1.40 bits per heavy atom. The molecule has 0 aliphatic heterocycles. The van der Waals surface area contributed by atoms with E-state index in [0.29, 0.717) is 0 Å². The molecule has 2 N–H and O–H groups in total. The van der Waals surface area contributed by atoms with Crippen LogP contribution in [-0.2, 0) is 0 Å². The van der Waals surface area contributed by atoms with Crippen LogP contribution >= 0.6 is 23.2 Å². The van der Waals surface area contributed by atoms with Crippen molar-refractivity contribution in [3.63, 3.8) is 0 Å². The maximum atomic E-state index is 12.0. The van der Waals surface area contributed by atoms with Crippen molar-refractivity contribution < 1.29 is 18.3 Å². The van der Waals surface area contributed by atoms with Gasteiger partial charge in [-0.25, -0.2) is 0 Å². The Bertz CT molecular complexity index is 398. The topological polar surface area (TPSA) is 52.3 Å². The van der Waals surface area contributed by atoms with Gasteiger partial charge in [-0.15, -0.1) is 0 Å². The fourth-order valence-electron chi connectivity index (χ4n) is 0.920. The summed E-state index contributed by atoms with van der Waals surface area (Å²) in [6.45, 7) is -3.08. The van der Waals surface area contributed by atoms with Crippen LogP contribution < -0.4 is 10.5 Å². The highest BCUT2D eigenvalue weighted by atomic mass is 35.5.